The Hall–Kier alpha value is -2.48. The molecule has 8 nitrogen and oxygen atoms in total. The molecule has 0 radical (unpaired) electrons. The molecule has 1 amide bonds. The molecule has 0 unspecified atom stereocenters. The normalized spacial score (nSPS) is 14.9. The smallest absolute Gasteiger partial charge is 0.251 e. The maximum absolute atomic E-state index is 12.1. The van der Waals surface area contributed by atoms with Crippen molar-refractivity contribution in [3.05, 3.63) is 24.2 Å². The topological polar surface area (TPSA) is 84.6 Å². The number of piperazine rings is 1. The first-order valence-electron chi connectivity index (χ1n) is 8.90. The third kappa shape index (κ3) is 4.01. The molecule has 0 saturated carbocycles. The van der Waals surface area contributed by atoms with E-state index in [1.807, 2.05) is 30.9 Å². The molecule has 8 heteroatoms. The van der Waals surface area contributed by atoms with Crippen LogP contribution in [0.2, 0.25) is 0 Å². The van der Waals surface area contributed by atoms with Gasteiger partial charge in [-0.15, -0.1) is 10.2 Å². The number of ether oxygens (including phenoxy) is 1. The molecule has 2 aromatic heterocycles. The lowest BCUT2D eigenvalue weighted by Crippen LogP contribution is -2.49. The molecular weight excluding hydrogens is 334 g/mol. The molecule has 0 spiro atoms. The second kappa shape index (κ2) is 8.27. The number of anilines is 1. The van der Waals surface area contributed by atoms with Crippen LogP contribution >= 0.6 is 0 Å². The fourth-order valence-electron chi connectivity index (χ4n) is 2.91. The lowest BCUT2D eigenvalue weighted by molar-refractivity contribution is -0.132. The molecule has 0 bridgehead atoms. The summed E-state index contributed by atoms with van der Waals surface area (Å²) in [5.74, 6) is 2.22. The van der Waals surface area contributed by atoms with Crippen LogP contribution in [-0.4, -0.2) is 65.9 Å². The summed E-state index contributed by atoms with van der Waals surface area (Å²) in [6.45, 7) is 7.25. The molecular formula is C18H25N5O3. The van der Waals surface area contributed by atoms with Gasteiger partial charge in [0.1, 0.15) is 5.82 Å². The molecule has 1 saturated heterocycles. The highest BCUT2D eigenvalue weighted by Gasteiger charge is 2.25. The average molecular weight is 359 g/mol. The molecule has 0 aliphatic carbocycles. The molecule has 2 aromatic rings. The monoisotopic (exact) mass is 359 g/mol. The molecule has 3 rings (SSSR count). The van der Waals surface area contributed by atoms with E-state index in [-0.39, 0.29) is 11.8 Å². The van der Waals surface area contributed by atoms with Crippen LogP contribution < -0.4 is 4.90 Å². The number of nitrogens with zero attached hydrogens (tertiary/aromatic N) is 5. The van der Waals surface area contributed by atoms with E-state index in [0.29, 0.717) is 51.0 Å². The number of methoxy groups -OCH3 is 1. The maximum atomic E-state index is 12.1. The lowest BCUT2D eigenvalue weighted by atomic mass is 10.2. The Bertz CT molecular complexity index is 738. The van der Waals surface area contributed by atoms with Gasteiger partial charge in [0.05, 0.1) is 18.6 Å². The molecule has 140 valence electrons. The third-order valence-corrected chi connectivity index (χ3v) is 4.40. The van der Waals surface area contributed by atoms with Gasteiger partial charge in [-0.3, -0.25) is 4.79 Å². The van der Waals surface area contributed by atoms with E-state index in [4.69, 9.17) is 9.15 Å². The number of hydrogen-bond acceptors (Lipinski definition) is 7. The second-order valence-electron chi connectivity index (χ2n) is 6.59. The van der Waals surface area contributed by atoms with Crippen molar-refractivity contribution in [1.82, 2.24) is 20.1 Å². The number of rotatable bonds is 6. The summed E-state index contributed by atoms with van der Waals surface area (Å²) in [6, 6.07) is 3.80. The third-order valence-electron chi connectivity index (χ3n) is 4.40. The van der Waals surface area contributed by atoms with Crippen molar-refractivity contribution in [1.29, 1.82) is 0 Å². The van der Waals surface area contributed by atoms with Gasteiger partial charge < -0.3 is 19.0 Å². The quantitative estimate of drug-likeness (QED) is 0.779. The predicted octanol–water partition coefficient (Wildman–Crippen LogP) is 1.94. The van der Waals surface area contributed by atoms with Gasteiger partial charge in [-0.05, 0) is 12.1 Å². The second-order valence-corrected chi connectivity index (χ2v) is 6.59. The first kappa shape index (κ1) is 18.3. The number of amides is 1. The number of pyridine rings is 1. The highest BCUT2D eigenvalue weighted by atomic mass is 16.5. The Morgan fingerprint density at radius 3 is 2.69 bits per heavy atom. The Kier molecular flexibility index (Phi) is 5.82. The van der Waals surface area contributed by atoms with Crippen LogP contribution in [0.3, 0.4) is 0 Å². The zero-order valence-corrected chi connectivity index (χ0v) is 15.5. The SMILES string of the molecule is COCCC(=O)N1CCN(c2ncccc2-c2nnc(C(C)C)o2)CC1. The van der Waals surface area contributed by atoms with Crippen LogP contribution in [0.4, 0.5) is 5.82 Å². The van der Waals surface area contributed by atoms with Crippen LogP contribution in [0.1, 0.15) is 32.1 Å². The van der Waals surface area contributed by atoms with Gasteiger partial charge in [0.2, 0.25) is 11.8 Å². The van der Waals surface area contributed by atoms with Crippen LogP contribution in [0.25, 0.3) is 11.5 Å². The van der Waals surface area contributed by atoms with Crippen molar-refractivity contribution in [2.75, 3.05) is 44.8 Å². The molecule has 0 atom stereocenters. The number of aromatic nitrogens is 3. The average Bonchev–Trinajstić information content (AvgIpc) is 3.16. The summed E-state index contributed by atoms with van der Waals surface area (Å²) in [4.78, 5) is 20.7. The van der Waals surface area contributed by atoms with E-state index in [9.17, 15) is 4.79 Å². The van der Waals surface area contributed by atoms with Gasteiger partial charge in [-0.1, -0.05) is 13.8 Å². The van der Waals surface area contributed by atoms with E-state index in [1.54, 1.807) is 13.3 Å². The standard InChI is InChI=1S/C18H25N5O3/c1-13(2)17-20-21-18(26-17)14-5-4-7-19-16(14)23-10-8-22(9-11-23)15(24)6-12-25-3/h4-5,7,13H,6,8-12H2,1-3H3. The van der Waals surface area contributed by atoms with E-state index in [2.05, 4.69) is 20.1 Å². The molecule has 0 aromatic carbocycles. The summed E-state index contributed by atoms with van der Waals surface area (Å²) >= 11 is 0. The fraction of sp³-hybridized carbons (Fsp3) is 0.556. The Balaban J connectivity index is 1.72. The van der Waals surface area contributed by atoms with Crippen molar-refractivity contribution in [2.45, 2.75) is 26.2 Å². The van der Waals surface area contributed by atoms with Gasteiger partial charge in [-0.25, -0.2) is 4.98 Å². The zero-order valence-electron chi connectivity index (χ0n) is 15.5. The lowest BCUT2D eigenvalue weighted by Gasteiger charge is -2.36. The van der Waals surface area contributed by atoms with Crippen LogP contribution in [-0.2, 0) is 9.53 Å². The van der Waals surface area contributed by atoms with Crippen molar-refractivity contribution in [3.8, 4) is 11.5 Å². The van der Waals surface area contributed by atoms with Gasteiger partial charge in [-0.2, -0.15) is 0 Å². The zero-order chi connectivity index (χ0) is 18.5. The number of hydrogen-bond donors (Lipinski definition) is 0. The van der Waals surface area contributed by atoms with Gasteiger partial charge >= 0.3 is 0 Å². The van der Waals surface area contributed by atoms with E-state index in [1.165, 1.54) is 0 Å². The Labute approximate surface area is 153 Å². The predicted molar refractivity (Wildman–Crippen MR) is 96.9 cm³/mol. The van der Waals surface area contributed by atoms with Gasteiger partial charge in [0.15, 0.2) is 0 Å². The summed E-state index contributed by atoms with van der Waals surface area (Å²) < 4.78 is 10.8. The fourth-order valence-corrected chi connectivity index (χ4v) is 2.91. The summed E-state index contributed by atoms with van der Waals surface area (Å²) in [6.07, 6.45) is 2.18. The highest BCUT2D eigenvalue weighted by molar-refractivity contribution is 5.77. The summed E-state index contributed by atoms with van der Waals surface area (Å²) in [5, 5.41) is 8.29. The summed E-state index contributed by atoms with van der Waals surface area (Å²) in [5.41, 5.74) is 0.825. The first-order valence-corrected chi connectivity index (χ1v) is 8.90. The van der Waals surface area contributed by atoms with Gasteiger partial charge in [0.25, 0.3) is 5.89 Å². The van der Waals surface area contributed by atoms with Crippen LogP contribution in [0.5, 0.6) is 0 Å². The largest absolute Gasteiger partial charge is 0.420 e. The summed E-state index contributed by atoms with van der Waals surface area (Å²) in [7, 11) is 1.61. The minimum atomic E-state index is 0.131. The van der Waals surface area contributed by atoms with E-state index >= 15 is 0 Å². The Morgan fingerprint density at radius 1 is 1.27 bits per heavy atom. The number of carbonyl (C=O) groups is 1. The van der Waals surface area contributed by atoms with E-state index in [0.717, 1.165) is 11.4 Å². The first-order chi connectivity index (χ1) is 12.6. The van der Waals surface area contributed by atoms with Crippen molar-refractivity contribution < 1.29 is 13.9 Å². The van der Waals surface area contributed by atoms with Crippen molar-refractivity contribution in [2.24, 2.45) is 0 Å². The van der Waals surface area contributed by atoms with Gasteiger partial charge in [0, 0.05) is 45.4 Å². The van der Waals surface area contributed by atoms with Crippen molar-refractivity contribution >= 4 is 11.7 Å². The van der Waals surface area contributed by atoms with Crippen LogP contribution in [0, 0.1) is 0 Å². The molecule has 1 aliphatic heterocycles. The van der Waals surface area contributed by atoms with Crippen LogP contribution in [0.15, 0.2) is 22.7 Å². The van der Waals surface area contributed by atoms with Crippen molar-refractivity contribution in [3.63, 3.8) is 0 Å². The Morgan fingerprint density at radius 2 is 2.04 bits per heavy atom. The molecule has 1 fully saturated rings. The number of carbonyl (C=O) groups excluding carboxylic acids is 1. The molecule has 1 aliphatic rings. The minimum Gasteiger partial charge on any atom is -0.420 e. The molecule has 0 N–H and O–H groups in total. The molecule has 26 heavy (non-hydrogen) atoms. The van der Waals surface area contributed by atoms with E-state index < -0.39 is 0 Å². The molecule has 3 heterocycles. The maximum Gasteiger partial charge on any atom is 0.251 e. The minimum absolute atomic E-state index is 0.131. The highest BCUT2D eigenvalue weighted by Crippen LogP contribution is 2.29.